The standard InChI is InChI=1S/C72H110N18O20S/c1-35(2)26-48(67(104)87-52(34-111)69(106)83-46(22-16-17-25-73)66(103)90-59(38(7)8)72(109)110)81-54(93)31-78-64(101)51(33-91)82-55(94)32-77-63(100)49(27-41-18-12-11-13-19-41)86-71(108)58(37(5)6)89-68(105)50(28-42-30-76-45-21-15-14-20-43(42)45)85-65(102)47(23-24-53(75)92)84-70(107)57(36(3)4)88-61(98)40(10)79-60(97)39(9)80-62(99)44(74)29-56(95)96/h11-15,18-21,30,35-40,44,46-52,57-59,76,91,111H,16-17,22-29,31-34,73-74H2,1-10H3,(H2,75,92)(H,77,100)(H,78,101)(H,79,97)(H,80,99)(H,81,93)(H,82,94)(H,83,106)(H,84,107)(H,85,102)(H,86,108)(H,87,104)(H,88,98)(H,89,105)(H,90,103)(H,95,96)(H,109,110)/t39-,40-,44-,46-,47-,48-,49-,50-,51-,52-,57-,58-,59-/m0/s1. The summed E-state index contributed by atoms with van der Waals surface area (Å²) >= 11 is 4.22. The van der Waals surface area contributed by atoms with Crippen LogP contribution < -0.4 is 91.6 Å². The van der Waals surface area contributed by atoms with E-state index in [9.17, 15) is 91.7 Å². The predicted molar refractivity (Wildman–Crippen MR) is 407 cm³/mol. The summed E-state index contributed by atoms with van der Waals surface area (Å²) in [5.74, 6) is -19.0. The summed E-state index contributed by atoms with van der Waals surface area (Å²) in [4.78, 5) is 230. The van der Waals surface area contributed by atoms with Crippen molar-refractivity contribution in [1.29, 1.82) is 0 Å². The molecule has 0 unspecified atom stereocenters. The highest BCUT2D eigenvalue weighted by molar-refractivity contribution is 7.80. The van der Waals surface area contributed by atoms with E-state index in [0.29, 0.717) is 34.9 Å². The molecule has 0 aliphatic heterocycles. The number of carbonyl (C=O) groups is 17. The number of aromatic amines is 1. The number of rotatable bonds is 49. The van der Waals surface area contributed by atoms with Gasteiger partial charge in [-0.1, -0.05) is 104 Å². The Labute approximate surface area is 648 Å². The summed E-state index contributed by atoms with van der Waals surface area (Å²) in [6.45, 7) is 13.1. The second-order valence-corrected chi connectivity index (χ2v) is 28.6. The molecule has 15 amide bonds. The highest BCUT2D eigenvalue weighted by Gasteiger charge is 2.38. The number of carboxylic acid groups (broad SMARTS) is 2. The molecule has 24 N–H and O–H groups in total. The number of amides is 15. The van der Waals surface area contributed by atoms with Crippen molar-refractivity contribution in [2.24, 2.45) is 40.9 Å². The van der Waals surface area contributed by atoms with Gasteiger partial charge in [0.1, 0.15) is 72.5 Å². The molecule has 13 atom stereocenters. The maximum absolute atomic E-state index is 14.8. The number of aliphatic hydroxyl groups excluding tert-OH is 1. The van der Waals surface area contributed by atoms with Crippen molar-refractivity contribution < 1.29 is 96.8 Å². The minimum Gasteiger partial charge on any atom is -0.481 e. The Morgan fingerprint density at radius 1 is 0.459 bits per heavy atom. The van der Waals surface area contributed by atoms with E-state index in [4.69, 9.17) is 22.3 Å². The second kappa shape index (κ2) is 47.3. The van der Waals surface area contributed by atoms with Crippen LogP contribution in [-0.4, -0.2) is 231 Å². The van der Waals surface area contributed by atoms with Crippen LogP contribution in [0.2, 0.25) is 0 Å². The Morgan fingerprint density at radius 3 is 1.43 bits per heavy atom. The number of H-pyrrole nitrogens is 1. The molecule has 0 saturated heterocycles. The molecule has 111 heavy (non-hydrogen) atoms. The highest BCUT2D eigenvalue weighted by Crippen LogP contribution is 2.21. The summed E-state index contributed by atoms with van der Waals surface area (Å²) in [5.41, 5.74) is 18.4. The number of aliphatic hydroxyl groups is 1. The average Bonchev–Trinajstić information content (AvgIpc) is 1.69. The number of thiol groups is 1. The number of primary amides is 1. The van der Waals surface area contributed by atoms with Crippen molar-refractivity contribution in [3.63, 3.8) is 0 Å². The van der Waals surface area contributed by atoms with Crippen LogP contribution in [0.25, 0.3) is 10.9 Å². The molecule has 0 radical (unpaired) electrons. The fourth-order valence-electron chi connectivity index (χ4n) is 11.0. The van der Waals surface area contributed by atoms with Crippen LogP contribution in [0.4, 0.5) is 0 Å². The van der Waals surface area contributed by atoms with Gasteiger partial charge in [0.05, 0.1) is 32.2 Å². The molecule has 3 aromatic rings. The van der Waals surface area contributed by atoms with Crippen LogP contribution in [0.5, 0.6) is 0 Å². The quantitative estimate of drug-likeness (QED) is 0.0186. The van der Waals surface area contributed by atoms with Gasteiger partial charge in [-0.2, -0.15) is 12.6 Å². The first-order chi connectivity index (χ1) is 52.2. The van der Waals surface area contributed by atoms with Crippen molar-refractivity contribution in [3.8, 4) is 0 Å². The molecular formula is C72H110N18O20S. The molecule has 1 aromatic heterocycles. The molecule has 3 rings (SSSR count). The van der Waals surface area contributed by atoms with E-state index in [0.717, 1.165) is 0 Å². The van der Waals surface area contributed by atoms with Gasteiger partial charge in [0.15, 0.2) is 0 Å². The second-order valence-electron chi connectivity index (χ2n) is 28.2. The fourth-order valence-corrected chi connectivity index (χ4v) is 11.3. The van der Waals surface area contributed by atoms with Crippen LogP contribution in [0.15, 0.2) is 60.8 Å². The number of nitrogens with one attached hydrogen (secondary N) is 15. The van der Waals surface area contributed by atoms with E-state index in [1.807, 2.05) is 0 Å². The molecule has 1 heterocycles. The van der Waals surface area contributed by atoms with Gasteiger partial charge in [-0.25, -0.2) is 4.79 Å². The van der Waals surface area contributed by atoms with Crippen LogP contribution in [-0.2, 0) is 94.3 Å². The molecule has 2 aromatic carbocycles. The minimum absolute atomic E-state index is 0.0203. The first-order valence-corrected chi connectivity index (χ1v) is 37.0. The lowest BCUT2D eigenvalue weighted by Crippen LogP contribution is -2.61. The van der Waals surface area contributed by atoms with Crippen LogP contribution >= 0.6 is 12.6 Å². The Kier molecular flexibility index (Phi) is 40.2. The molecule has 614 valence electrons. The molecule has 0 spiro atoms. The molecule has 39 heteroatoms. The zero-order valence-corrected chi connectivity index (χ0v) is 64.8. The molecule has 0 saturated carbocycles. The maximum Gasteiger partial charge on any atom is 0.326 e. The summed E-state index contributed by atoms with van der Waals surface area (Å²) in [6.07, 6.45) is 0.480. The minimum atomic E-state index is -1.72. The van der Waals surface area contributed by atoms with Gasteiger partial charge in [-0.15, -0.1) is 0 Å². The number of unbranched alkanes of at least 4 members (excludes halogenated alkanes) is 1. The predicted octanol–water partition coefficient (Wildman–Crippen LogP) is -4.74. The topological polar surface area (TPSA) is 613 Å². The van der Waals surface area contributed by atoms with Crippen LogP contribution in [0.3, 0.4) is 0 Å². The maximum atomic E-state index is 14.8. The lowest BCUT2D eigenvalue weighted by atomic mass is 9.99. The van der Waals surface area contributed by atoms with Crippen molar-refractivity contribution in [1.82, 2.24) is 79.4 Å². The Bertz CT molecular complexity index is 3730. The number of nitrogens with two attached hydrogens (primary N) is 3. The third kappa shape index (κ3) is 32.7. The number of carbonyl (C=O) groups excluding carboxylic acids is 15. The van der Waals surface area contributed by atoms with E-state index in [1.54, 1.807) is 116 Å². The van der Waals surface area contributed by atoms with E-state index in [-0.39, 0.29) is 43.9 Å². The van der Waals surface area contributed by atoms with Crippen molar-refractivity contribution in [2.75, 3.05) is 32.0 Å². The smallest absolute Gasteiger partial charge is 0.326 e. The molecule has 0 aliphatic rings. The lowest BCUT2D eigenvalue weighted by molar-refractivity contribution is -0.143. The number of benzene rings is 2. The van der Waals surface area contributed by atoms with Gasteiger partial charge in [-0.05, 0) is 93.4 Å². The fraction of sp³-hybridized carbons (Fsp3) is 0.569. The van der Waals surface area contributed by atoms with E-state index in [2.05, 4.69) is 92.0 Å². The summed E-state index contributed by atoms with van der Waals surface area (Å²) in [5, 5.41) is 64.1. The van der Waals surface area contributed by atoms with Crippen LogP contribution in [0, 0.1) is 23.7 Å². The van der Waals surface area contributed by atoms with Gasteiger partial charge in [-0.3, -0.25) is 76.7 Å². The van der Waals surface area contributed by atoms with Gasteiger partial charge in [0.25, 0.3) is 0 Å². The van der Waals surface area contributed by atoms with Gasteiger partial charge >= 0.3 is 11.9 Å². The first kappa shape index (κ1) is 94.4. The van der Waals surface area contributed by atoms with E-state index in [1.165, 1.54) is 13.8 Å². The zero-order valence-electron chi connectivity index (χ0n) is 63.9. The third-order valence-electron chi connectivity index (χ3n) is 17.4. The number of aliphatic carboxylic acids is 2. The van der Waals surface area contributed by atoms with Crippen molar-refractivity contribution in [2.45, 2.75) is 206 Å². The van der Waals surface area contributed by atoms with E-state index >= 15 is 0 Å². The SMILES string of the molecule is CC(C)C[C@H](NC(=O)CNC(=O)[C@H](CO)NC(=O)CNC(=O)[C@H](Cc1ccccc1)NC(=O)[C@@H](NC(=O)[C@H](Cc1c[nH]c2ccccc12)NC(=O)[C@H](CCC(N)=O)NC(=O)[C@@H](NC(=O)[C@H](C)NC(=O)[C@H](C)NC(=O)[C@@H](N)CC(=O)O)C(C)C)C(C)C)C(=O)N[C@@H](CS)C(=O)N[C@@H](CCCCN)C(=O)N[C@H](C(=O)O)C(C)C. The molecular weight excluding hydrogens is 1470 g/mol. The normalized spacial score (nSPS) is 14.8. The molecule has 0 bridgehead atoms. The zero-order chi connectivity index (χ0) is 83.5. The van der Waals surface area contributed by atoms with Crippen LogP contribution in [0.1, 0.15) is 125 Å². The summed E-state index contributed by atoms with van der Waals surface area (Å²) in [6, 6.07) is -3.25. The number of para-hydroxylation sites is 1. The third-order valence-corrected chi connectivity index (χ3v) is 17.7. The summed E-state index contributed by atoms with van der Waals surface area (Å²) < 4.78 is 0. The Balaban J connectivity index is 1.81. The van der Waals surface area contributed by atoms with Gasteiger partial charge in [0.2, 0.25) is 88.6 Å². The highest BCUT2D eigenvalue weighted by atomic mass is 32.1. The van der Waals surface area contributed by atoms with E-state index < -0.39 is 236 Å². The first-order valence-electron chi connectivity index (χ1n) is 36.4. The molecule has 0 aliphatic carbocycles. The molecule has 0 fully saturated rings. The number of hydrogen-bond acceptors (Lipinski definition) is 21. The Morgan fingerprint density at radius 2 is 0.901 bits per heavy atom. The van der Waals surface area contributed by atoms with Gasteiger partial charge in [0, 0.05) is 42.1 Å². The largest absolute Gasteiger partial charge is 0.481 e. The molecule has 38 nitrogen and oxygen atoms in total. The van der Waals surface area contributed by atoms with Gasteiger partial charge < -0.3 is 112 Å². The monoisotopic (exact) mass is 1580 g/mol. The van der Waals surface area contributed by atoms with Crippen molar-refractivity contribution >= 4 is 124 Å². The number of hydrogen-bond donors (Lipinski definition) is 22. The average molecular weight is 1580 g/mol. The lowest BCUT2D eigenvalue weighted by Gasteiger charge is -2.29. The summed E-state index contributed by atoms with van der Waals surface area (Å²) in [7, 11) is 0. The number of aromatic nitrogens is 1. The number of carboxylic acids is 2. The number of fused-ring (bicyclic) bond motifs is 1. The Hall–Kier alpha value is -10.8. The van der Waals surface area contributed by atoms with Crippen molar-refractivity contribution in [3.05, 3.63) is 71.9 Å².